The van der Waals surface area contributed by atoms with Crippen LogP contribution in [-0.2, 0) is 0 Å². The number of fused-ring (bicyclic) bond motifs is 1. The van der Waals surface area contributed by atoms with Gasteiger partial charge in [-0.05, 0) is 30.9 Å². The molecule has 0 spiro atoms. The van der Waals surface area contributed by atoms with Crippen molar-refractivity contribution in [3.8, 4) is 0 Å². The van der Waals surface area contributed by atoms with E-state index in [1.54, 1.807) is 0 Å². The molecule has 0 atom stereocenters. The predicted molar refractivity (Wildman–Crippen MR) is 121 cm³/mol. The van der Waals surface area contributed by atoms with Crippen LogP contribution < -0.4 is 4.90 Å². The maximum absolute atomic E-state index is 4.42. The lowest BCUT2D eigenvalue weighted by molar-refractivity contribution is 0.248. The maximum Gasteiger partial charge on any atom is 0.139 e. The van der Waals surface area contributed by atoms with Crippen LogP contribution in [0, 0.1) is 18.8 Å². The molecule has 27 heavy (non-hydrogen) atoms. The molecule has 0 N–H and O–H groups in total. The second-order valence-corrected chi connectivity index (χ2v) is 8.32. The lowest BCUT2D eigenvalue weighted by Crippen LogP contribution is -2.14. The number of nitrogens with zero attached hydrogens (tertiary/aromatic N) is 3. The topological polar surface area (TPSA) is 29.0 Å². The summed E-state index contributed by atoms with van der Waals surface area (Å²) in [5.74, 6) is 3.97. The van der Waals surface area contributed by atoms with Crippen molar-refractivity contribution in [2.24, 2.45) is 11.8 Å². The highest BCUT2D eigenvalue weighted by molar-refractivity contribution is 5.89. The highest BCUT2D eigenvalue weighted by Gasteiger charge is 2.19. The molecule has 3 heteroatoms. The number of anilines is 1. The first-order chi connectivity index (χ1) is 13.0. The third kappa shape index (κ3) is 6.79. The molecule has 0 amide bonds. The monoisotopic (exact) mass is 371 g/mol. The number of hydrogen-bond acceptors (Lipinski definition) is 3. The molecule has 1 aliphatic rings. The molecular weight excluding hydrogens is 330 g/mol. The van der Waals surface area contributed by atoms with Crippen molar-refractivity contribution in [3.05, 3.63) is 30.1 Å². The van der Waals surface area contributed by atoms with E-state index in [-0.39, 0.29) is 1.43 Å². The van der Waals surface area contributed by atoms with Gasteiger partial charge >= 0.3 is 0 Å². The van der Waals surface area contributed by atoms with Gasteiger partial charge in [-0.25, -0.2) is 9.97 Å². The molecule has 3 nitrogen and oxygen atoms in total. The largest absolute Gasteiger partial charge is 0.362 e. The van der Waals surface area contributed by atoms with Crippen molar-refractivity contribution in [1.82, 2.24) is 9.97 Å². The minimum absolute atomic E-state index is 0. The van der Waals surface area contributed by atoms with Crippen LogP contribution in [0.25, 0.3) is 10.9 Å². The van der Waals surface area contributed by atoms with Gasteiger partial charge in [-0.2, -0.15) is 0 Å². The zero-order chi connectivity index (χ0) is 19.6. The van der Waals surface area contributed by atoms with Crippen LogP contribution >= 0.6 is 0 Å². The van der Waals surface area contributed by atoms with Gasteiger partial charge in [0.1, 0.15) is 11.6 Å². The van der Waals surface area contributed by atoms with E-state index in [4.69, 9.17) is 0 Å². The Bertz CT molecular complexity index is 679. The molecule has 2 aromatic rings. The van der Waals surface area contributed by atoms with Gasteiger partial charge in [0.2, 0.25) is 0 Å². The first kappa shape index (κ1) is 21.7. The van der Waals surface area contributed by atoms with Crippen LogP contribution in [0.5, 0.6) is 0 Å². The molecule has 0 radical (unpaired) electrons. The highest BCUT2D eigenvalue weighted by atomic mass is 15.1. The first-order valence-corrected chi connectivity index (χ1v) is 11.0. The van der Waals surface area contributed by atoms with E-state index in [9.17, 15) is 0 Å². The third-order valence-electron chi connectivity index (χ3n) is 5.75. The molecule has 1 aliphatic carbocycles. The van der Waals surface area contributed by atoms with Gasteiger partial charge in [0.25, 0.3) is 0 Å². The fraction of sp³-hybridized carbons (Fsp3) is 0.667. The van der Waals surface area contributed by atoms with Crippen LogP contribution in [0.3, 0.4) is 0 Å². The fourth-order valence-electron chi connectivity index (χ4n) is 4.22. The zero-order valence-corrected chi connectivity index (χ0v) is 18.2. The highest BCUT2D eigenvalue weighted by Crippen LogP contribution is 2.33. The van der Waals surface area contributed by atoms with Gasteiger partial charge in [-0.15, -0.1) is 0 Å². The quantitative estimate of drug-likeness (QED) is 0.545. The van der Waals surface area contributed by atoms with Crippen molar-refractivity contribution >= 4 is 16.7 Å². The molecule has 152 valence electrons. The Kier molecular flexibility index (Phi) is 9.03. The number of benzene rings is 1. The van der Waals surface area contributed by atoms with E-state index < -0.39 is 0 Å². The lowest BCUT2D eigenvalue weighted by atomic mass is 9.78. The molecule has 3 rings (SSSR count). The number of aromatic nitrogens is 2. The van der Waals surface area contributed by atoms with Crippen molar-refractivity contribution in [3.63, 3.8) is 0 Å². The van der Waals surface area contributed by atoms with Gasteiger partial charge in [0.05, 0.1) is 5.52 Å². The average molecular weight is 372 g/mol. The molecule has 1 aromatic carbocycles. The van der Waals surface area contributed by atoms with Gasteiger partial charge in [-0.3, -0.25) is 0 Å². The lowest BCUT2D eigenvalue weighted by Gasteiger charge is -2.28. The van der Waals surface area contributed by atoms with Crippen molar-refractivity contribution in [2.75, 3.05) is 19.0 Å². The smallest absolute Gasteiger partial charge is 0.139 e. The standard InChI is InChI=1S/C13H26.C11H13N3.H2/c1-3-5-7-13-10-8-12(6-4-2)9-11-13;1-8-12-10-7-5-4-6-9(10)11(13-8)14(2)3;/h12-13H,3-11H2,1-2H3;4-7H,1-3H3;1H. The second kappa shape index (κ2) is 11.3. The number of aryl methyl sites for hydroxylation is 1. The van der Waals surface area contributed by atoms with E-state index >= 15 is 0 Å². The molecule has 1 fully saturated rings. The van der Waals surface area contributed by atoms with Crippen LogP contribution in [0.4, 0.5) is 5.82 Å². The van der Waals surface area contributed by atoms with E-state index in [0.717, 1.165) is 34.4 Å². The Morgan fingerprint density at radius 3 is 2.15 bits per heavy atom. The van der Waals surface area contributed by atoms with Crippen LogP contribution in [0.1, 0.15) is 78.9 Å². The normalized spacial score (nSPS) is 19.4. The van der Waals surface area contributed by atoms with Crippen LogP contribution in [-0.4, -0.2) is 24.1 Å². The molecule has 0 bridgehead atoms. The molecule has 1 heterocycles. The summed E-state index contributed by atoms with van der Waals surface area (Å²) in [7, 11) is 3.99. The SMILES string of the molecule is CCCCC1CCC(CCC)CC1.Cc1nc(N(C)C)c2ccccc2n1.[HH]. The Balaban J connectivity index is 0.000000271. The minimum Gasteiger partial charge on any atom is -0.362 e. The molecule has 1 saturated carbocycles. The summed E-state index contributed by atoms with van der Waals surface area (Å²) in [6, 6.07) is 8.06. The molecule has 0 aliphatic heterocycles. The van der Waals surface area contributed by atoms with Gasteiger partial charge in [0.15, 0.2) is 0 Å². The number of unbranched alkanes of at least 4 members (excludes halogenated alkanes) is 1. The summed E-state index contributed by atoms with van der Waals surface area (Å²) in [4.78, 5) is 10.8. The molecule has 0 unspecified atom stereocenters. The van der Waals surface area contributed by atoms with Gasteiger partial charge < -0.3 is 4.90 Å². The Morgan fingerprint density at radius 1 is 0.926 bits per heavy atom. The van der Waals surface area contributed by atoms with E-state index in [1.807, 2.05) is 50.2 Å². The Labute approximate surface area is 168 Å². The number of para-hydroxylation sites is 1. The van der Waals surface area contributed by atoms with E-state index in [1.165, 1.54) is 57.8 Å². The summed E-state index contributed by atoms with van der Waals surface area (Å²) in [6.45, 7) is 6.55. The van der Waals surface area contributed by atoms with Crippen molar-refractivity contribution < 1.29 is 1.43 Å². The summed E-state index contributed by atoms with van der Waals surface area (Å²) in [6.07, 6.45) is 13.4. The van der Waals surface area contributed by atoms with Gasteiger partial charge in [0, 0.05) is 20.9 Å². The Hall–Kier alpha value is -1.64. The summed E-state index contributed by atoms with van der Waals surface area (Å²) < 4.78 is 0. The van der Waals surface area contributed by atoms with Crippen molar-refractivity contribution in [2.45, 2.75) is 78.6 Å². The van der Waals surface area contributed by atoms with Crippen LogP contribution in [0.2, 0.25) is 0 Å². The zero-order valence-electron chi connectivity index (χ0n) is 18.2. The third-order valence-corrected chi connectivity index (χ3v) is 5.75. The van der Waals surface area contributed by atoms with Crippen LogP contribution in [0.15, 0.2) is 24.3 Å². The Morgan fingerprint density at radius 2 is 1.56 bits per heavy atom. The van der Waals surface area contributed by atoms with E-state index in [2.05, 4.69) is 23.8 Å². The fourth-order valence-corrected chi connectivity index (χ4v) is 4.22. The molecular formula is C24H41N3. The summed E-state index contributed by atoms with van der Waals surface area (Å²) in [5, 5.41) is 1.10. The predicted octanol–water partition coefficient (Wildman–Crippen LogP) is 7.03. The maximum atomic E-state index is 4.42. The summed E-state index contributed by atoms with van der Waals surface area (Å²) in [5.41, 5.74) is 1.00. The first-order valence-electron chi connectivity index (χ1n) is 11.0. The van der Waals surface area contributed by atoms with Gasteiger partial charge in [-0.1, -0.05) is 83.8 Å². The number of hydrogen-bond donors (Lipinski definition) is 0. The molecule has 1 aromatic heterocycles. The minimum atomic E-state index is 0. The van der Waals surface area contributed by atoms with E-state index in [0.29, 0.717) is 0 Å². The number of rotatable bonds is 6. The second-order valence-electron chi connectivity index (χ2n) is 8.32. The van der Waals surface area contributed by atoms with Crippen molar-refractivity contribution in [1.29, 1.82) is 0 Å². The summed E-state index contributed by atoms with van der Waals surface area (Å²) >= 11 is 0. The molecule has 0 saturated heterocycles. The average Bonchev–Trinajstić information content (AvgIpc) is 2.67.